The molecular formula is C21H32N6O3. The van der Waals surface area contributed by atoms with Gasteiger partial charge < -0.3 is 25.5 Å². The van der Waals surface area contributed by atoms with E-state index in [1.54, 1.807) is 26.2 Å². The highest BCUT2D eigenvalue weighted by atomic mass is 16.3. The lowest BCUT2D eigenvalue weighted by Gasteiger charge is -2.14. The van der Waals surface area contributed by atoms with E-state index >= 15 is 0 Å². The van der Waals surface area contributed by atoms with Gasteiger partial charge in [0.2, 0.25) is 11.8 Å². The number of anilines is 1. The van der Waals surface area contributed by atoms with E-state index in [1.807, 2.05) is 19.0 Å². The van der Waals surface area contributed by atoms with Gasteiger partial charge in [0, 0.05) is 45.4 Å². The van der Waals surface area contributed by atoms with Crippen molar-refractivity contribution in [1.29, 1.82) is 0 Å². The average molecular weight is 417 g/mol. The van der Waals surface area contributed by atoms with Crippen molar-refractivity contribution in [2.24, 2.45) is 0 Å². The van der Waals surface area contributed by atoms with E-state index in [2.05, 4.69) is 32.4 Å². The van der Waals surface area contributed by atoms with Crippen LogP contribution in [0.4, 0.5) is 5.82 Å². The molecule has 0 fully saturated rings. The van der Waals surface area contributed by atoms with Gasteiger partial charge in [0.05, 0.1) is 18.7 Å². The molecule has 0 atom stereocenters. The standard InChI is InChI=1S/C21H32N6O3/c1-17-24-15-18(21(25-17)23-12-14-28)9-6-5-7-11-22-19(29)16-27(4)20(30)10-8-13-26(2)3/h8,10,15,28H,5,7,11-14,16H2,1-4H3,(H,22,29)(H,23,24,25)/b10-8+. The summed E-state index contributed by atoms with van der Waals surface area (Å²) in [5, 5.41) is 14.8. The molecule has 30 heavy (non-hydrogen) atoms. The van der Waals surface area contributed by atoms with Gasteiger partial charge in [0.15, 0.2) is 0 Å². The van der Waals surface area contributed by atoms with Gasteiger partial charge in [-0.3, -0.25) is 9.59 Å². The van der Waals surface area contributed by atoms with Crippen molar-refractivity contribution in [2.45, 2.75) is 19.8 Å². The molecule has 0 spiro atoms. The van der Waals surface area contributed by atoms with Crippen LogP contribution in [0.2, 0.25) is 0 Å². The van der Waals surface area contributed by atoms with E-state index in [0.717, 1.165) is 0 Å². The molecule has 1 aromatic heterocycles. The largest absolute Gasteiger partial charge is 0.395 e. The summed E-state index contributed by atoms with van der Waals surface area (Å²) >= 11 is 0. The third-order valence-electron chi connectivity index (χ3n) is 3.83. The molecule has 0 radical (unpaired) electrons. The summed E-state index contributed by atoms with van der Waals surface area (Å²) in [4.78, 5) is 35.6. The molecule has 1 heterocycles. The first-order valence-corrected chi connectivity index (χ1v) is 9.83. The Bertz CT molecular complexity index is 783. The third-order valence-corrected chi connectivity index (χ3v) is 3.83. The lowest BCUT2D eigenvalue weighted by molar-refractivity contribution is -0.131. The van der Waals surface area contributed by atoms with Crippen LogP contribution in [0.1, 0.15) is 24.2 Å². The van der Waals surface area contributed by atoms with Crippen molar-refractivity contribution in [1.82, 2.24) is 25.1 Å². The van der Waals surface area contributed by atoms with Gasteiger partial charge in [0.1, 0.15) is 11.6 Å². The van der Waals surface area contributed by atoms with E-state index in [1.165, 1.54) is 11.0 Å². The first-order chi connectivity index (χ1) is 14.3. The number of nitrogens with zero attached hydrogens (tertiary/aromatic N) is 4. The Hall–Kier alpha value is -2.96. The van der Waals surface area contributed by atoms with Gasteiger partial charge in [-0.25, -0.2) is 9.97 Å². The van der Waals surface area contributed by atoms with Crippen LogP contribution in [-0.4, -0.2) is 90.6 Å². The molecule has 0 aliphatic carbocycles. The maximum absolute atomic E-state index is 12.0. The van der Waals surface area contributed by atoms with E-state index in [0.29, 0.717) is 49.7 Å². The summed E-state index contributed by atoms with van der Waals surface area (Å²) in [6.07, 6.45) is 6.16. The molecule has 0 saturated heterocycles. The van der Waals surface area contributed by atoms with Crippen molar-refractivity contribution >= 4 is 17.6 Å². The molecule has 0 aliphatic rings. The molecule has 0 bridgehead atoms. The third kappa shape index (κ3) is 10.5. The fourth-order valence-corrected chi connectivity index (χ4v) is 2.27. The zero-order valence-corrected chi connectivity index (χ0v) is 18.2. The Morgan fingerprint density at radius 3 is 2.73 bits per heavy atom. The van der Waals surface area contributed by atoms with Gasteiger partial charge >= 0.3 is 0 Å². The van der Waals surface area contributed by atoms with Crippen LogP contribution in [0.25, 0.3) is 0 Å². The summed E-state index contributed by atoms with van der Waals surface area (Å²) in [6.45, 7) is 3.33. The number of carbonyl (C=O) groups excluding carboxylic acids is 2. The van der Waals surface area contributed by atoms with Crippen molar-refractivity contribution in [3.05, 3.63) is 29.7 Å². The quantitative estimate of drug-likeness (QED) is 0.265. The second-order valence-corrected chi connectivity index (χ2v) is 6.94. The molecule has 1 rings (SSSR count). The number of aryl methyl sites for hydroxylation is 1. The fourth-order valence-electron chi connectivity index (χ4n) is 2.27. The number of nitrogens with one attached hydrogen (secondary N) is 2. The predicted octanol–water partition coefficient (Wildman–Crippen LogP) is 0.0133. The highest BCUT2D eigenvalue weighted by molar-refractivity contribution is 5.91. The zero-order valence-electron chi connectivity index (χ0n) is 18.2. The van der Waals surface area contributed by atoms with Gasteiger partial charge in [0.25, 0.3) is 0 Å². The number of hydrogen-bond donors (Lipinski definition) is 3. The summed E-state index contributed by atoms with van der Waals surface area (Å²) in [6, 6.07) is 0. The summed E-state index contributed by atoms with van der Waals surface area (Å²) in [7, 11) is 5.43. The Labute approximate surface area is 178 Å². The van der Waals surface area contributed by atoms with Crippen LogP contribution in [0, 0.1) is 18.8 Å². The van der Waals surface area contributed by atoms with Crippen molar-refractivity contribution in [3.8, 4) is 11.8 Å². The predicted molar refractivity (Wildman–Crippen MR) is 117 cm³/mol. The minimum Gasteiger partial charge on any atom is -0.395 e. The number of aliphatic hydroxyl groups is 1. The number of carbonyl (C=O) groups is 2. The Morgan fingerprint density at radius 1 is 1.27 bits per heavy atom. The van der Waals surface area contributed by atoms with Crippen molar-refractivity contribution in [3.63, 3.8) is 0 Å². The van der Waals surface area contributed by atoms with Crippen molar-refractivity contribution in [2.75, 3.05) is 59.2 Å². The molecule has 0 unspecified atom stereocenters. The summed E-state index contributed by atoms with van der Waals surface area (Å²) in [5.74, 6) is 6.87. The first kappa shape index (κ1) is 25.1. The second-order valence-electron chi connectivity index (χ2n) is 6.94. The molecular weight excluding hydrogens is 384 g/mol. The maximum atomic E-state index is 12.0. The van der Waals surface area contributed by atoms with Crippen LogP contribution < -0.4 is 10.6 Å². The maximum Gasteiger partial charge on any atom is 0.246 e. The Balaban J connectivity index is 2.35. The van der Waals surface area contributed by atoms with E-state index in [-0.39, 0.29) is 25.0 Å². The molecule has 1 aromatic rings. The smallest absolute Gasteiger partial charge is 0.246 e. The van der Waals surface area contributed by atoms with Gasteiger partial charge in [-0.2, -0.15) is 0 Å². The summed E-state index contributed by atoms with van der Waals surface area (Å²) in [5.41, 5.74) is 0.667. The highest BCUT2D eigenvalue weighted by Crippen LogP contribution is 2.09. The average Bonchev–Trinajstić information content (AvgIpc) is 2.69. The number of unbranched alkanes of at least 4 members (excludes halogenated alkanes) is 1. The summed E-state index contributed by atoms with van der Waals surface area (Å²) < 4.78 is 0. The van der Waals surface area contributed by atoms with Crippen LogP contribution in [0.5, 0.6) is 0 Å². The first-order valence-electron chi connectivity index (χ1n) is 9.83. The van der Waals surface area contributed by atoms with Gasteiger partial charge in [-0.1, -0.05) is 17.9 Å². The van der Waals surface area contributed by atoms with Gasteiger partial charge in [-0.05, 0) is 27.4 Å². The van der Waals surface area contributed by atoms with E-state index in [9.17, 15) is 9.59 Å². The number of aromatic nitrogens is 2. The van der Waals surface area contributed by atoms with Crippen LogP contribution >= 0.6 is 0 Å². The number of rotatable bonds is 11. The normalized spacial score (nSPS) is 10.6. The molecule has 2 amide bonds. The molecule has 3 N–H and O–H groups in total. The molecule has 164 valence electrons. The second kappa shape index (κ2) is 14.1. The number of amides is 2. The Kier molecular flexibility index (Phi) is 11.8. The topological polar surface area (TPSA) is 111 Å². The number of aliphatic hydroxyl groups excluding tert-OH is 1. The fraction of sp³-hybridized carbons (Fsp3) is 0.524. The van der Waals surface area contributed by atoms with E-state index in [4.69, 9.17) is 5.11 Å². The monoisotopic (exact) mass is 416 g/mol. The lowest BCUT2D eigenvalue weighted by Crippen LogP contribution is -2.38. The van der Waals surface area contributed by atoms with Crippen molar-refractivity contribution < 1.29 is 14.7 Å². The van der Waals surface area contributed by atoms with Crippen LogP contribution in [0.3, 0.4) is 0 Å². The molecule has 0 aromatic carbocycles. The number of likely N-dealkylation sites (N-methyl/N-ethyl adjacent to an activating group) is 2. The highest BCUT2D eigenvalue weighted by Gasteiger charge is 2.09. The minimum atomic E-state index is -0.206. The van der Waals surface area contributed by atoms with Gasteiger partial charge in [-0.15, -0.1) is 0 Å². The minimum absolute atomic E-state index is 0.00275. The SMILES string of the molecule is Cc1ncc(C#CCCCNC(=O)CN(C)C(=O)/C=C/CN(C)C)c(NCCO)n1. The van der Waals surface area contributed by atoms with E-state index < -0.39 is 0 Å². The molecule has 9 heteroatoms. The molecule has 9 nitrogen and oxygen atoms in total. The molecule has 0 aliphatic heterocycles. The molecule has 0 saturated carbocycles. The van der Waals surface area contributed by atoms with Crippen LogP contribution in [-0.2, 0) is 9.59 Å². The Morgan fingerprint density at radius 2 is 2.03 bits per heavy atom. The van der Waals surface area contributed by atoms with Crippen LogP contribution in [0.15, 0.2) is 18.3 Å². The lowest BCUT2D eigenvalue weighted by atomic mass is 10.2. The number of hydrogen-bond acceptors (Lipinski definition) is 7. The zero-order chi connectivity index (χ0) is 22.4.